The van der Waals surface area contributed by atoms with Gasteiger partial charge >= 0.3 is 0 Å². The molecule has 1 atom stereocenters. The van der Waals surface area contributed by atoms with E-state index >= 15 is 0 Å². The Morgan fingerprint density at radius 3 is 2.96 bits per heavy atom. The predicted octanol–water partition coefficient (Wildman–Crippen LogP) is 2.85. The quantitative estimate of drug-likeness (QED) is 0.744. The molecule has 0 spiro atoms. The number of fused-ring (bicyclic) bond motifs is 2. The van der Waals surface area contributed by atoms with Crippen LogP contribution in [0.4, 0.5) is 11.5 Å². The molecule has 0 amide bonds. The van der Waals surface area contributed by atoms with Gasteiger partial charge in [-0.25, -0.2) is 9.97 Å². The Morgan fingerprint density at radius 2 is 2.04 bits per heavy atom. The van der Waals surface area contributed by atoms with Gasteiger partial charge in [0.2, 0.25) is 0 Å². The Hall–Kier alpha value is -3.06. The molecule has 7 nitrogen and oxygen atoms in total. The molecule has 0 bridgehead atoms. The van der Waals surface area contributed by atoms with Gasteiger partial charge < -0.3 is 15.4 Å². The Kier molecular flexibility index (Phi) is 4.14. The second-order valence-corrected chi connectivity index (χ2v) is 6.85. The van der Waals surface area contributed by atoms with E-state index in [1.165, 1.54) is 0 Å². The number of rotatable bonds is 4. The smallest absolute Gasteiger partial charge is 0.154 e. The summed E-state index contributed by atoms with van der Waals surface area (Å²) < 4.78 is 5.45. The lowest BCUT2D eigenvalue weighted by atomic mass is 10.1. The molecule has 2 aliphatic rings. The van der Waals surface area contributed by atoms with Crippen molar-refractivity contribution in [2.75, 3.05) is 30.4 Å². The van der Waals surface area contributed by atoms with Crippen LogP contribution in [-0.4, -0.2) is 40.5 Å². The van der Waals surface area contributed by atoms with Gasteiger partial charge in [0.05, 0.1) is 18.8 Å². The van der Waals surface area contributed by atoms with E-state index in [9.17, 15) is 0 Å². The molecule has 3 aromatic rings. The average molecular weight is 360 g/mol. The molecular formula is C20H20N6O. The molecule has 136 valence electrons. The van der Waals surface area contributed by atoms with Gasteiger partial charge in [-0.1, -0.05) is 0 Å². The molecule has 0 saturated carbocycles. The monoisotopic (exact) mass is 360 g/mol. The minimum Gasteiger partial charge on any atom is -0.381 e. The fraction of sp³-hybridized carbons (Fsp3) is 0.300. The van der Waals surface area contributed by atoms with E-state index in [-0.39, 0.29) is 0 Å². The summed E-state index contributed by atoms with van der Waals surface area (Å²) in [5, 5.41) is 9.09. The van der Waals surface area contributed by atoms with Crippen molar-refractivity contribution in [3.8, 4) is 0 Å². The van der Waals surface area contributed by atoms with Gasteiger partial charge in [-0.3, -0.25) is 9.98 Å². The van der Waals surface area contributed by atoms with Crippen molar-refractivity contribution >= 4 is 28.1 Å². The first-order valence-electron chi connectivity index (χ1n) is 9.19. The van der Waals surface area contributed by atoms with Crippen LogP contribution in [0.2, 0.25) is 0 Å². The van der Waals surface area contributed by atoms with Gasteiger partial charge in [0, 0.05) is 48.7 Å². The minimum atomic E-state index is 0.560. The minimum absolute atomic E-state index is 0.560. The van der Waals surface area contributed by atoms with E-state index in [0.29, 0.717) is 12.5 Å². The first kappa shape index (κ1) is 16.1. The topological polar surface area (TPSA) is 84.3 Å². The van der Waals surface area contributed by atoms with Crippen molar-refractivity contribution in [2.45, 2.75) is 13.0 Å². The van der Waals surface area contributed by atoms with Crippen molar-refractivity contribution in [1.82, 2.24) is 15.0 Å². The third-order valence-electron chi connectivity index (χ3n) is 4.99. The van der Waals surface area contributed by atoms with Crippen molar-refractivity contribution < 1.29 is 4.74 Å². The van der Waals surface area contributed by atoms with Gasteiger partial charge in [-0.2, -0.15) is 0 Å². The fourth-order valence-corrected chi connectivity index (χ4v) is 3.53. The van der Waals surface area contributed by atoms with Crippen molar-refractivity contribution in [3.05, 3.63) is 54.2 Å². The molecule has 0 radical (unpaired) electrons. The summed E-state index contributed by atoms with van der Waals surface area (Å²) in [5.74, 6) is 2.25. The highest BCUT2D eigenvalue weighted by Crippen LogP contribution is 2.26. The summed E-state index contributed by atoms with van der Waals surface area (Å²) in [4.78, 5) is 17.7. The summed E-state index contributed by atoms with van der Waals surface area (Å²) in [6, 6.07) is 8.27. The lowest BCUT2D eigenvalue weighted by molar-refractivity contribution is 0.187. The average Bonchev–Trinajstić information content (AvgIpc) is 3.36. The lowest BCUT2D eigenvalue weighted by Crippen LogP contribution is -2.15. The van der Waals surface area contributed by atoms with Crippen LogP contribution in [0.15, 0.2) is 47.8 Å². The first-order valence-corrected chi connectivity index (χ1v) is 9.19. The molecule has 27 heavy (non-hydrogen) atoms. The first-order chi connectivity index (χ1) is 13.4. The van der Waals surface area contributed by atoms with E-state index < -0.39 is 0 Å². The van der Waals surface area contributed by atoms with E-state index in [1.807, 2.05) is 18.3 Å². The lowest BCUT2D eigenvalue weighted by Gasteiger charge is -2.13. The largest absolute Gasteiger partial charge is 0.381 e. The highest BCUT2D eigenvalue weighted by molar-refractivity contribution is 6.09. The van der Waals surface area contributed by atoms with E-state index in [1.54, 1.807) is 12.4 Å². The van der Waals surface area contributed by atoms with Crippen LogP contribution in [0.3, 0.4) is 0 Å². The molecule has 7 heteroatoms. The summed E-state index contributed by atoms with van der Waals surface area (Å²) >= 11 is 0. The molecule has 1 saturated heterocycles. The van der Waals surface area contributed by atoms with Crippen LogP contribution < -0.4 is 10.6 Å². The third-order valence-corrected chi connectivity index (χ3v) is 4.99. The maximum absolute atomic E-state index is 5.45. The number of amidine groups is 1. The number of aromatic nitrogens is 3. The molecule has 1 unspecified atom stereocenters. The number of benzene rings is 1. The van der Waals surface area contributed by atoms with Gasteiger partial charge in [0.25, 0.3) is 0 Å². The number of pyridine rings is 1. The normalized spacial score (nSPS) is 18.4. The van der Waals surface area contributed by atoms with Crippen LogP contribution >= 0.6 is 0 Å². The number of anilines is 2. The zero-order chi connectivity index (χ0) is 18.1. The molecular weight excluding hydrogens is 340 g/mol. The molecule has 2 N–H and O–H groups in total. The highest BCUT2D eigenvalue weighted by atomic mass is 16.5. The van der Waals surface area contributed by atoms with Crippen LogP contribution in [0.1, 0.15) is 17.8 Å². The van der Waals surface area contributed by atoms with Crippen LogP contribution in [0, 0.1) is 5.92 Å². The summed E-state index contributed by atoms with van der Waals surface area (Å²) in [7, 11) is 0. The van der Waals surface area contributed by atoms with Crippen molar-refractivity contribution in [1.29, 1.82) is 0 Å². The zero-order valence-corrected chi connectivity index (χ0v) is 14.9. The molecule has 2 aliphatic heterocycles. The van der Waals surface area contributed by atoms with Gasteiger partial charge in [-0.05, 0) is 36.1 Å². The number of hydrogen-bond donors (Lipinski definition) is 2. The van der Waals surface area contributed by atoms with Gasteiger partial charge in [-0.15, -0.1) is 0 Å². The van der Waals surface area contributed by atoms with Gasteiger partial charge in [0.1, 0.15) is 11.5 Å². The van der Waals surface area contributed by atoms with Crippen LogP contribution in [0.5, 0.6) is 0 Å². The Labute approximate surface area is 156 Å². The summed E-state index contributed by atoms with van der Waals surface area (Å²) in [6.45, 7) is 3.15. The number of hydrogen-bond acceptors (Lipinski definition) is 7. The van der Waals surface area contributed by atoms with Crippen LogP contribution in [-0.2, 0) is 11.3 Å². The second-order valence-electron chi connectivity index (χ2n) is 6.85. The number of aliphatic imine (C=N–C) groups is 1. The molecule has 5 rings (SSSR count). The number of nitrogens with zero attached hydrogens (tertiary/aromatic N) is 4. The molecule has 1 aromatic carbocycles. The summed E-state index contributed by atoms with van der Waals surface area (Å²) in [6.07, 6.45) is 6.35. The molecule has 0 aliphatic carbocycles. The summed E-state index contributed by atoms with van der Waals surface area (Å²) in [5.41, 5.74) is 2.71. The standard InChI is InChI=1S/C20H20N6O/c1-2-16-14(3-5-23-19(16)24-10-13-4-8-27-12-13)9-15(1)26-20-18-17(11-25-20)21-6-7-22-18/h1-3,5-7,9,13H,4,8,10-12H2,(H,23,24)(H,25,26). The van der Waals surface area contributed by atoms with Crippen LogP contribution in [0.25, 0.3) is 10.8 Å². The third kappa shape index (κ3) is 3.21. The Morgan fingerprint density at radius 1 is 1.07 bits per heavy atom. The van der Waals surface area contributed by atoms with E-state index in [4.69, 9.17) is 4.74 Å². The van der Waals surface area contributed by atoms with E-state index in [0.717, 1.165) is 65.7 Å². The number of ether oxygens (including phenoxy) is 1. The maximum atomic E-state index is 5.45. The van der Waals surface area contributed by atoms with Crippen molar-refractivity contribution in [2.24, 2.45) is 10.9 Å². The predicted molar refractivity (Wildman–Crippen MR) is 105 cm³/mol. The van der Waals surface area contributed by atoms with E-state index in [2.05, 4.69) is 42.7 Å². The number of nitrogens with one attached hydrogen (secondary N) is 2. The highest BCUT2D eigenvalue weighted by Gasteiger charge is 2.19. The second kappa shape index (κ2) is 6.92. The SMILES string of the molecule is c1cnc2c(n1)CN=C2Nc1ccc2c(NCC3CCOC3)nccc2c1. The fourth-order valence-electron chi connectivity index (χ4n) is 3.53. The van der Waals surface area contributed by atoms with Gasteiger partial charge in [0.15, 0.2) is 5.84 Å². The zero-order valence-electron chi connectivity index (χ0n) is 14.9. The maximum Gasteiger partial charge on any atom is 0.154 e. The molecule has 2 aromatic heterocycles. The Bertz CT molecular complexity index is 1010. The van der Waals surface area contributed by atoms with Crippen molar-refractivity contribution in [3.63, 3.8) is 0 Å². The Balaban J connectivity index is 1.36. The molecule has 4 heterocycles. The molecule has 1 fully saturated rings.